The first-order valence-corrected chi connectivity index (χ1v) is 9.72. The van der Waals surface area contributed by atoms with E-state index in [2.05, 4.69) is 15.3 Å². The van der Waals surface area contributed by atoms with Crippen molar-refractivity contribution in [3.63, 3.8) is 0 Å². The third-order valence-corrected chi connectivity index (χ3v) is 5.82. The van der Waals surface area contributed by atoms with Crippen LogP contribution in [0.3, 0.4) is 0 Å². The fourth-order valence-electron chi connectivity index (χ4n) is 3.47. The summed E-state index contributed by atoms with van der Waals surface area (Å²) >= 11 is 1.62. The third-order valence-electron chi connectivity index (χ3n) is 4.95. The van der Waals surface area contributed by atoms with Crippen LogP contribution in [-0.4, -0.2) is 21.4 Å². The van der Waals surface area contributed by atoms with E-state index < -0.39 is 4.92 Å². The molecule has 0 aromatic carbocycles. The van der Waals surface area contributed by atoms with E-state index in [-0.39, 0.29) is 11.5 Å². The van der Waals surface area contributed by atoms with Gasteiger partial charge in [0.2, 0.25) is 11.8 Å². The minimum absolute atomic E-state index is 0.0793. The predicted molar refractivity (Wildman–Crippen MR) is 103 cm³/mol. The summed E-state index contributed by atoms with van der Waals surface area (Å²) in [5, 5.41) is 16.6. The van der Waals surface area contributed by atoms with Gasteiger partial charge in [-0.05, 0) is 61.9 Å². The van der Waals surface area contributed by atoms with E-state index >= 15 is 0 Å². The van der Waals surface area contributed by atoms with Gasteiger partial charge in [-0.2, -0.15) is 4.98 Å². The highest BCUT2D eigenvalue weighted by Crippen LogP contribution is 2.34. The van der Waals surface area contributed by atoms with Gasteiger partial charge in [0.05, 0.1) is 11.5 Å². The normalized spacial score (nSPS) is 20.0. The van der Waals surface area contributed by atoms with Gasteiger partial charge in [0.1, 0.15) is 5.69 Å². The number of nitrogen functional groups attached to an aromatic ring is 1. The van der Waals surface area contributed by atoms with Crippen molar-refractivity contribution >= 4 is 28.8 Å². The maximum atomic E-state index is 11.4. The van der Waals surface area contributed by atoms with E-state index in [9.17, 15) is 10.1 Å². The molecular weight excluding hydrogens is 352 g/mol. The SMILES string of the molecule is NCC1CCC(Cc2nc(NCc3cccs3)nc(N)c2[N+](=O)[O-])CC1. The molecule has 0 unspecified atom stereocenters. The lowest BCUT2D eigenvalue weighted by atomic mass is 9.80. The van der Waals surface area contributed by atoms with E-state index in [1.165, 1.54) is 0 Å². The Balaban J connectivity index is 1.76. The number of hydrogen-bond donors (Lipinski definition) is 3. The van der Waals surface area contributed by atoms with E-state index in [1.807, 2.05) is 17.5 Å². The van der Waals surface area contributed by atoms with Crippen molar-refractivity contribution in [1.82, 2.24) is 9.97 Å². The second-order valence-electron chi connectivity index (χ2n) is 6.74. The molecule has 2 aromatic heterocycles. The molecule has 8 nitrogen and oxygen atoms in total. The minimum atomic E-state index is -0.473. The number of aromatic nitrogens is 2. The Labute approximate surface area is 156 Å². The van der Waals surface area contributed by atoms with Crippen molar-refractivity contribution in [3.05, 3.63) is 38.2 Å². The number of thiophene rings is 1. The van der Waals surface area contributed by atoms with Gasteiger partial charge >= 0.3 is 5.69 Å². The van der Waals surface area contributed by atoms with Crippen LogP contribution in [0.4, 0.5) is 17.5 Å². The van der Waals surface area contributed by atoms with Crippen molar-refractivity contribution in [2.24, 2.45) is 17.6 Å². The standard InChI is InChI=1S/C17H24N6O2S/c18-9-12-5-3-11(4-6-12)8-14-15(23(24)25)16(19)22-17(21-14)20-10-13-2-1-7-26-13/h1-2,7,11-12H,3-6,8-10,18H2,(H3,19,20,21,22). The summed E-state index contributed by atoms with van der Waals surface area (Å²) in [4.78, 5) is 20.6. The van der Waals surface area contributed by atoms with E-state index in [1.54, 1.807) is 11.3 Å². The van der Waals surface area contributed by atoms with Gasteiger partial charge in [0, 0.05) is 4.88 Å². The summed E-state index contributed by atoms with van der Waals surface area (Å²) in [6.07, 6.45) is 4.72. The lowest BCUT2D eigenvalue weighted by Crippen LogP contribution is -2.23. The highest BCUT2D eigenvalue weighted by Gasteiger charge is 2.27. The number of nitrogens with zero attached hydrogens (tertiary/aromatic N) is 3. The number of anilines is 2. The van der Waals surface area contributed by atoms with Gasteiger partial charge in [-0.1, -0.05) is 6.07 Å². The van der Waals surface area contributed by atoms with Crippen LogP contribution in [0.5, 0.6) is 0 Å². The third kappa shape index (κ3) is 4.47. The molecule has 0 radical (unpaired) electrons. The van der Waals surface area contributed by atoms with Crippen molar-refractivity contribution in [3.8, 4) is 0 Å². The van der Waals surface area contributed by atoms with Crippen LogP contribution in [0.25, 0.3) is 0 Å². The van der Waals surface area contributed by atoms with Crippen molar-refractivity contribution in [2.75, 3.05) is 17.6 Å². The molecule has 2 aromatic rings. The van der Waals surface area contributed by atoms with Crippen molar-refractivity contribution in [1.29, 1.82) is 0 Å². The van der Waals surface area contributed by atoms with Gasteiger partial charge in [-0.25, -0.2) is 4.98 Å². The van der Waals surface area contributed by atoms with Crippen LogP contribution in [0.1, 0.15) is 36.3 Å². The zero-order valence-electron chi connectivity index (χ0n) is 14.6. The van der Waals surface area contributed by atoms with Crippen LogP contribution in [0.15, 0.2) is 17.5 Å². The zero-order valence-corrected chi connectivity index (χ0v) is 15.4. The van der Waals surface area contributed by atoms with Crippen LogP contribution in [0, 0.1) is 22.0 Å². The van der Waals surface area contributed by atoms with Gasteiger partial charge in [0.25, 0.3) is 0 Å². The van der Waals surface area contributed by atoms with Crippen LogP contribution in [-0.2, 0) is 13.0 Å². The molecule has 0 bridgehead atoms. The fraction of sp³-hybridized carbons (Fsp3) is 0.529. The molecule has 5 N–H and O–H groups in total. The molecular formula is C17H24N6O2S. The molecule has 140 valence electrons. The van der Waals surface area contributed by atoms with Gasteiger partial charge < -0.3 is 16.8 Å². The Morgan fingerprint density at radius 3 is 2.62 bits per heavy atom. The molecule has 1 saturated carbocycles. The quantitative estimate of drug-likeness (QED) is 0.499. The Kier molecular flexibility index (Phi) is 6.00. The maximum Gasteiger partial charge on any atom is 0.332 e. The van der Waals surface area contributed by atoms with Crippen LogP contribution < -0.4 is 16.8 Å². The second kappa shape index (κ2) is 8.41. The summed E-state index contributed by atoms with van der Waals surface area (Å²) in [5.74, 6) is 1.20. The smallest absolute Gasteiger partial charge is 0.332 e. The largest absolute Gasteiger partial charge is 0.378 e. The Hall–Kier alpha value is -2.26. The predicted octanol–water partition coefficient (Wildman–Crippen LogP) is 2.95. The first-order valence-electron chi connectivity index (χ1n) is 8.84. The number of nitrogens with two attached hydrogens (primary N) is 2. The number of nitrogens with one attached hydrogen (secondary N) is 1. The first kappa shape index (κ1) is 18.5. The number of nitro groups is 1. The summed E-state index contributed by atoms with van der Waals surface area (Å²) in [5.41, 5.74) is 11.9. The summed E-state index contributed by atoms with van der Waals surface area (Å²) < 4.78 is 0. The molecule has 1 fully saturated rings. The molecule has 0 amide bonds. The molecule has 2 heterocycles. The average Bonchev–Trinajstić information content (AvgIpc) is 3.13. The van der Waals surface area contributed by atoms with E-state index in [0.29, 0.717) is 43.0 Å². The zero-order chi connectivity index (χ0) is 18.5. The topological polar surface area (TPSA) is 133 Å². The van der Waals surface area contributed by atoms with Crippen LogP contribution >= 0.6 is 11.3 Å². The summed E-state index contributed by atoms with van der Waals surface area (Å²) in [6.45, 7) is 1.28. The number of rotatable bonds is 7. The fourth-order valence-corrected chi connectivity index (χ4v) is 4.11. The Morgan fingerprint density at radius 1 is 1.27 bits per heavy atom. The van der Waals surface area contributed by atoms with Gasteiger partial charge in [0.15, 0.2) is 0 Å². The Bertz CT molecular complexity index is 744. The van der Waals surface area contributed by atoms with Gasteiger partial charge in [-0.15, -0.1) is 11.3 Å². The van der Waals surface area contributed by atoms with E-state index in [0.717, 1.165) is 30.6 Å². The first-order chi connectivity index (χ1) is 12.6. The van der Waals surface area contributed by atoms with Crippen LogP contribution in [0.2, 0.25) is 0 Å². The molecule has 26 heavy (non-hydrogen) atoms. The average molecular weight is 376 g/mol. The molecule has 0 atom stereocenters. The molecule has 1 aliphatic carbocycles. The summed E-state index contributed by atoms with van der Waals surface area (Å²) in [7, 11) is 0. The van der Waals surface area contributed by atoms with Crippen molar-refractivity contribution < 1.29 is 4.92 Å². The molecule has 0 aliphatic heterocycles. The van der Waals surface area contributed by atoms with Gasteiger partial charge in [-0.3, -0.25) is 10.1 Å². The number of hydrogen-bond acceptors (Lipinski definition) is 8. The molecule has 9 heteroatoms. The lowest BCUT2D eigenvalue weighted by molar-refractivity contribution is -0.385. The highest BCUT2D eigenvalue weighted by molar-refractivity contribution is 7.09. The minimum Gasteiger partial charge on any atom is -0.378 e. The highest BCUT2D eigenvalue weighted by atomic mass is 32.1. The lowest BCUT2D eigenvalue weighted by Gasteiger charge is -2.27. The molecule has 1 aliphatic rings. The maximum absolute atomic E-state index is 11.4. The van der Waals surface area contributed by atoms with Crippen molar-refractivity contribution in [2.45, 2.75) is 38.6 Å². The Morgan fingerprint density at radius 2 is 2.00 bits per heavy atom. The second-order valence-corrected chi connectivity index (χ2v) is 7.78. The summed E-state index contributed by atoms with van der Waals surface area (Å²) in [6, 6.07) is 3.97. The van der Waals surface area contributed by atoms with E-state index in [4.69, 9.17) is 11.5 Å². The molecule has 0 spiro atoms. The monoisotopic (exact) mass is 376 g/mol. The molecule has 3 rings (SSSR count). The molecule has 0 saturated heterocycles.